The van der Waals surface area contributed by atoms with Crippen LogP contribution in [-0.4, -0.2) is 47.0 Å². The van der Waals surface area contributed by atoms with E-state index in [9.17, 15) is 9.59 Å². The van der Waals surface area contributed by atoms with Crippen molar-refractivity contribution in [1.82, 2.24) is 14.9 Å². The lowest BCUT2D eigenvalue weighted by molar-refractivity contribution is 0.0742. The van der Waals surface area contributed by atoms with Gasteiger partial charge in [-0.25, -0.2) is 14.8 Å². The van der Waals surface area contributed by atoms with Crippen molar-refractivity contribution in [1.29, 1.82) is 0 Å². The summed E-state index contributed by atoms with van der Waals surface area (Å²) in [5, 5.41) is 0.673. The Bertz CT molecular complexity index is 1400. The van der Waals surface area contributed by atoms with Gasteiger partial charge in [-0.05, 0) is 34.1 Å². The normalized spacial score (nSPS) is 14.0. The van der Waals surface area contributed by atoms with Crippen LogP contribution in [0.4, 0.5) is 5.82 Å². The van der Waals surface area contributed by atoms with E-state index in [0.29, 0.717) is 41.6 Å². The molecule has 2 aromatic carbocycles. The van der Waals surface area contributed by atoms with Gasteiger partial charge in [-0.15, -0.1) is 0 Å². The van der Waals surface area contributed by atoms with Crippen molar-refractivity contribution in [3.8, 4) is 11.3 Å². The van der Waals surface area contributed by atoms with E-state index >= 15 is 0 Å². The van der Waals surface area contributed by atoms with Gasteiger partial charge >= 0.3 is 5.63 Å². The molecule has 33 heavy (non-hydrogen) atoms. The van der Waals surface area contributed by atoms with Crippen molar-refractivity contribution in [2.45, 2.75) is 0 Å². The summed E-state index contributed by atoms with van der Waals surface area (Å²) in [6.07, 6.45) is 1.56. The lowest BCUT2D eigenvalue weighted by Gasteiger charge is -2.35. The van der Waals surface area contributed by atoms with Crippen molar-refractivity contribution in [2.24, 2.45) is 0 Å². The molecule has 1 saturated heterocycles. The van der Waals surface area contributed by atoms with Gasteiger partial charge in [0.15, 0.2) is 5.58 Å². The van der Waals surface area contributed by atoms with Gasteiger partial charge in [0.1, 0.15) is 17.7 Å². The average Bonchev–Trinajstić information content (AvgIpc) is 2.84. The molecule has 0 N–H and O–H groups in total. The number of halogens is 2. The molecule has 0 aliphatic carbocycles. The Morgan fingerprint density at radius 1 is 0.939 bits per heavy atom. The second kappa shape index (κ2) is 9.07. The third kappa shape index (κ3) is 4.43. The molecule has 9 heteroatoms. The highest BCUT2D eigenvalue weighted by Gasteiger charge is 2.26. The molecule has 1 aliphatic heterocycles. The zero-order chi connectivity index (χ0) is 22.9. The number of hydrogen-bond donors (Lipinski definition) is 0. The number of hydrogen-bond acceptors (Lipinski definition) is 6. The predicted octanol–water partition coefficient (Wildman–Crippen LogP) is 4.74. The van der Waals surface area contributed by atoms with E-state index in [1.807, 2.05) is 42.5 Å². The Morgan fingerprint density at radius 3 is 2.45 bits per heavy atom. The second-order valence-electron chi connectivity index (χ2n) is 7.66. The zero-order valence-electron chi connectivity index (χ0n) is 17.4. The number of benzene rings is 2. The number of piperazine rings is 1. The fraction of sp³-hybridized carbons (Fsp3) is 0.167. The maximum Gasteiger partial charge on any atom is 0.349 e. The maximum absolute atomic E-state index is 13.1. The first-order valence-corrected chi connectivity index (χ1v) is 11.9. The van der Waals surface area contributed by atoms with Crippen molar-refractivity contribution < 1.29 is 9.21 Å². The molecule has 0 radical (unpaired) electrons. The summed E-state index contributed by atoms with van der Waals surface area (Å²) in [6, 6.07) is 17.1. The minimum atomic E-state index is -0.638. The first kappa shape index (κ1) is 21.8. The Kier molecular flexibility index (Phi) is 5.99. The molecule has 1 amide bonds. The number of fused-ring (bicyclic) bond motifs is 1. The standard InChI is InChI=1S/C24H18Br2N4O3/c25-17-10-16-11-18(24(32)33-22(16)19(26)12-17)23(31)30-8-6-29(7-9-30)21-13-20(27-14-28-21)15-4-2-1-3-5-15/h1-5,10-14H,6-9H2. The molecule has 3 heterocycles. The highest BCUT2D eigenvalue weighted by molar-refractivity contribution is 9.11. The molecular formula is C24H18Br2N4O3. The highest BCUT2D eigenvalue weighted by atomic mass is 79.9. The fourth-order valence-electron chi connectivity index (χ4n) is 3.90. The fourth-order valence-corrected chi connectivity index (χ4v) is 5.24. The van der Waals surface area contributed by atoms with E-state index in [0.717, 1.165) is 21.5 Å². The molecule has 0 bridgehead atoms. The Hall–Kier alpha value is -3.04. The first-order chi connectivity index (χ1) is 16.0. The van der Waals surface area contributed by atoms with Crippen molar-refractivity contribution in [2.75, 3.05) is 31.1 Å². The van der Waals surface area contributed by atoms with Crippen molar-refractivity contribution in [3.63, 3.8) is 0 Å². The molecule has 0 spiro atoms. The molecule has 7 nitrogen and oxygen atoms in total. The molecule has 4 aromatic rings. The molecule has 2 aromatic heterocycles. The SMILES string of the molecule is O=C(c1cc2cc(Br)cc(Br)c2oc1=O)N1CCN(c2cc(-c3ccccc3)ncn2)CC1. The predicted molar refractivity (Wildman–Crippen MR) is 133 cm³/mol. The number of anilines is 1. The molecule has 5 rings (SSSR count). The third-order valence-electron chi connectivity index (χ3n) is 5.60. The summed E-state index contributed by atoms with van der Waals surface area (Å²) < 4.78 is 6.91. The van der Waals surface area contributed by atoms with E-state index in [-0.39, 0.29) is 11.5 Å². The van der Waals surface area contributed by atoms with Crippen LogP contribution in [0.1, 0.15) is 10.4 Å². The van der Waals surface area contributed by atoms with Gasteiger partial charge in [-0.3, -0.25) is 4.79 Å². The maximum atomic E-state index is 13.1. The quantitative estimate of drug-likeness (QED) is 0.332. The molecule has 1 aliphatic rings. The largest absolute Gasteiger partial charge is 0.421 e. The van der Waals surface area contributed by atoms with E-state index in [2.05, 4.69) is 46.7 Å². The number of carbonyl (C=O) groups is 1. The summed E-state index contributed by atoms with van der Waals surface area (Å²) in [5.41, 5.74) is 1.69. The number of rotatable bonds is 3. The number of nitrogens with zero attached hydrogens (tertiary/aromatic N) is 4. The Morgan fingerprint density at radius 2 is 1.70 bits per heavy atom. The number of aromatic nitrogens is 2. The summed E-state index contributed by atoms with van der Waals surface area (Å²) in [4.78, 5) is 38.3. The molecular weight excluding hydrogens is 552 g/mol. The summed E-state index contributed by atoms with van der Waals surface area (Å²) in [5.74, 6) is 0.491. The van der Waals surface area contributed by atoms with Crippen LogP contribution in [0.25, 0.3) is 22.2 Å². The molecule has 0 unspecified atom stereocenters. The van der Waals surface area contributed by atoms with E-state index in [4.69, 9.17) is 4.42 Å². The Labute approximate surface area is 206 Å². The molecule has 166 valence electrons. The third-order valence-corrected chi connectivity index (χ3v) is 6.64. The van der Waals surface area contributed by atoms with Gasteiger partial charge in [-0.2, -0.15) is 0 Å². The monoisotopic (exact) mass is 568 g/mol. The Balaban J connectivity index is 1.33. The van der Waals surface area contributed by atoms with Gasteiger partial charge in [0.2, 0.25) is 0 Å². The van der Waals surface area contributed by atoms with Gasteiger partial charge in [0.25, 0.3) is 5.91 Å². The smallest absolute Gasteiger partial charge is 0.349 e. The van der Waals surface area contributed by atoms with Crippen LogP contribution in [0.2, 0.25) is 0 Å². The minimum absolute atomic E-state index is 0.0364. The van der Waals surface area contributed by atoms with Gasteiger partial charge in [0, 0.05) is 47.7 Å². The van der Waals surface area contributed by atoms with Crippen LogP contribution in [-0.2, 0) is 0 Å². The van der Waals surface area contributed by atoms with Crippen LogP contribution in [0.5, 0.6) is 0 Å². The lowest BCUT2D eigenvalue weighted by Crippen LogP contribution is -2.49. The van der Waals surface area contributed by atoms with Crippen LogP contribution < -0.4 is 10.5 Å². The minimum Gasteiger partial charge on any atom is -0.421 e. The van der Waals surface area contributed by atoms with E-state index in [1.165, 1.54) is 0 Å². The van der Waals surface area contributed by atoms with Gasteiger partial charge < -0.3 is 14.2 Å². The molecule has 1 fully saturated rings. The van der Waals surface area contributed by atoms with Gasteiger partial charge in [-0.1, -0.05) is 46.3 Å². The number of amides is 1. The van der Waals surface area contributed by atoms with E-state index < -0.39 is 5.63 Å². The summed E-state index contributed by atoms with van der Waals surface area (Å²) >= 11 is 6.82. The highest BCUT2D eigenvalue weighted by Crippen LogP contribution is 2.28. The second-order valence-corrected chi connectivity index (χ2v) is 9.43. The summed E-state index contributed by atoms with van der Waals surface area (Å²) in [6.45, 7) is 2.16. The first-order valence-electron chi connectivity index (χ1n) is 10.3. The topological polar surface area (TPSA) is 79.5 Å². The van der Waals surface area contributed by atoms with Crippen LogP contribution >= 0.6 is 31.9 Å². The van der Waals surface area contributed by atoms with Crippen LogP contribution in [0.15, 0.2) is 79.1 Å². The average molecular weight is 570 g/mol. The van der Waals surface area contributed by atoms with Crippen molar-refractivity contribution in [3.05, 3.63) is 85.9 Å². The van der Waals surface area contributed by atoms with Gasteiger partial charge in [0.05, 0.1) is 10.2 Å². The van der Waals surface area contributed by atoms with E-state index in [1.54, 1.807) is 23.4 Å². The number of carbonyl (C=O) groups excluding carboxylic acids is 1. The summed E-state index contributed by atoms with van der Waals surface area (Å²) in [7, 11) is 0. The zero-order valence-corrected chi connectivity index (χ0v) is 20.5. The van der Waals surface area contributed by atoms with Crippen molar-refractivity contribution >= 4 is 54.6 Å². The lowest BCUT2D eigenvalue weighted by atomic mass is 10.1. The van der Waals surface area contributed by atoms with Crippen LogP contribution in [0, 0.1) is 0 Å². The molecule has 0 atom stereocenters. The van der Waals surface area contributed by atoms with Crippen LogP contribution in [0.3, 0.4) is 0 Å². The molecule has 0 saturated carbocycles.